The lowest BCUT2D eigenvalue weighted by Crippen LogP contribution is -2.55. The minimum Gasteiger partial charge on any atom is -0.393 e. The zero-order valence-electron chi connectivity index (χ0n) is 13.8. The van der Waals surface area contributed by atoms with Crippen molar-refractivity contribution in [2.24, 2.45) is 34.3 Å². The van der Waals surface area contributed by atoms with Crippen LogP contribution in [0, 0.1) is 28.6 Å². The Morgan fingerprint density at radius 3 is 2.68 bits per heavy atom. The first kappa shape index (κ1) is 14.9. The molecule has 0 aliphatic heterocycles. The van der Waals surface area contributed by atoms with Gasteiger partial charge in [0.2, 0.25) is 0 Å². The zero-order valence-corrected chi connectivity index (χ0v) is 13.8. The minimum absolute atomic E-state index is 0.131. The predicted octanol–water partition coefficient (Wildman–Crippen LogP) is 2.82. The van der Waals surface area contributed by atoms with Crippen LogP contribution in [0.3, 0.4) is 0 Å². The molecule has 4 aliphatic rings. The van der Waals surface area contributed by atoms with Crippen molar-refractivity contribution in [1.82, 2.24) is 0 Å². The van der Waals surface area contributed by atoms with Gasteiger partial charge in [0.1, 0.15) is 0 Å². The molecule has 3 fully saturated rings. The molecule has 3 nitrogen and oxygen atoms in total. The number of allylic oxidation sites excluding steroid dienone is 1. The number of hydrogen-bond acceptors (Lipinski definition) is 3. The number of aliphatic hydroxyl groups is 1. The molecular weight excluding hydrogens is 274 g/mol. The van der Waals surface area contributed by atoms with Crippen LogP contribution in [0.25, 0.3) is 0 Å². The standard InChI is InChI=1S/C19H29NO2/c1-18-7-5-12(21)9-11(18)10-15(22)17-13-3-4-16(20)19(13,2)8-6-14(17)18/h10,12-14,16-17,21H,3-9,20H2,1-2H3/t12?,13-,14+,16?,17?,18-,19-/m0/s1. The molecule has 0 aromatic carbocycles. The lowest BCUT2D eigenvalue weighted by Gasteiger charge is -2.56. The summed E-state index contributed by atoms with van der Waals surface area (Å²) in [5, 5.41) is 10.0. The molecule has 3 saturated carbocycles. The summed E-state index contributed by atoms with van der Waals surface area (Å²) in [5.74, 6) is 1.44. The van der Waals surface area contributed by atoms with Crippen molar-refractivity contribution in [3.63, 3.8) is 0 Å². The van der Waals surface area contributed by atoms with Crippen molar-refractivity contribution in [2.75, 3.05) is 0 Å². The molecule has 3 N–H and O–H groups in total. The Labute approximate surface area is 133 Å². The number of aliphatic hydroxyl groups excluding tert-OH is 1. The molecule has 122 valence electrons. The fourth-order valence-corrected chi connectivity index (χ4v) is 6.42. The number of nitrogens with two attached hydrogens (primary N) is 1. The molecule has 3 unspecified atom stereocenters. The van der Waals surface area contributed by atoms with Gasteiger partial charge >= 0.3 is 0 Å². The number of carbonyl (C=O) groups is 1. The van der Waals surface area contributed by atoms with Crippen LogP contribution in [0.5, 0.6) is 0 Å². The summed E-state index contributed by atoms with van der Waals surface area (Å²) in [6.07, 6.45) is 8.76. The van der Waals surface area contributed by atoms with Gasteiger partial charge in [-0.3, -0.25) is 4.79 Å². The van der Waals surface area contributed by atoms with Crippen LogP contribution in [-0.2, 0) is 4.79 Å². The largest absolute Gasteiger partial charge is 0.393 e. The second-order valence-corrected chi connectivity index (χ2v) is 8.85. The first-order valence-corrected chi connectivity index (χ1v) is 9.05. The van der Waals surface area contributed by atoms with Crippen molar-refractivity contribution in [1.29, 1.82) is 0 Å². The third-order valence-electron chi connectivity index (χ3n) is 7.99. The quantitative estimate of drug-likeness (QED) is 0.723. The summed E-state index contributed by atoms with van der Waals surface area (Å²) in [7, 11) is 0. The molecule has 0 radical (unpaired) electrons. The molecule has 3 heteroatoms. The fourth-order valence-electron chi connectivity index (χ4n) is 6.42. The van der Waals surface area contributed by atoms with Crippen LogP contribution in [-0.4, -0.2) is 23.0 Å². The third kappa shape index (κ3) is 1.78. The molecular formula is C19H29NO2. The Kier molecular flexibility index (Phi) is 3.16. The maximum Gasteiger partial charge on any atom is 0.159 e. The van der Waals surface area contributed by atoms with E-state index in [2.05, 4.69) is 13.8 Å². The van der Waals surface area contributed by atoms with E-state index in [9.17, 15) is 9.90 Å². The van der Waals surface area contributed by atoms with Crippen LogP contribution in [0.4, 0.5) is 0 Å². The average Bonchev–Trinajstić information content (AvgIpc) is 2.77. The van der Waals surface area contributed by atoms with Gasteiger partial charge in [0.05, 0.1) is 6.10 Å². The highest BCUT2D eigenvalue weighted by Gasteiger charge is 2.60. The van der Waals surface area contributed by atoms with Crippen molar-refractivity contribution < 1.29 is 9.90 Å². The van der Waals surface area contributed by atoms with E-state index in [-0.39, 0.29) is 28.9 Å². The first-order chi connectivity index (χ1) is 10.4. The van der Waals surface area contributed by atoms with E-state index in [1.54, 1.807) is 0 Å². The monoisotopic (exact) mass is 303 g/mol. The normalized spacial score (nSPS) is 54.3. The maximum absolute atomic E-state index is 12.9. The van der Waals surface area contributed by atoms with Gasteiger partial charge in [-0.05, 0) is 73.7 Å². The minimum atomic E-state index is -0.252. The molecule has 0 heterocycles. The van der Waals surface area contributed by atoms with E-state index >= 15 is 0 Å². The van der Waals surface area contributed by atoms with Gasteiger partial charge in [-0.25, -0.2) is 0 Å². The van der Waals surface area contributed by atoms with Crippen molar-refractivity contribution >= 4 is 5.78 Å². The Bertz CT molecular complexity index is 542. The SMILES string of the molecule is C[C@]12CCC(O)CC1=CC(=O)C1[C@H]2CC[C@]2(C)C(N)CC[C@@H]12. The molecule has 0 spiro atoms. The smallest absolute Gasteiger partial charge is 0.159 e. The van der Waals surface area contributed by atoms with Gasteiger partial charge in [0.15, 0.2) is 5.78 Å². The van der Waals surface area contributed by atoms with E-state index in [1.807, 2.05) is 6.08 Å². The average molecular weight is 303 g/mol. The summed E-state index contributed by atoms with van der Waals surface area (Å²) in [4.78, 5) is 12.9. The molecule has 0 amide bonds. The third-order valence-corrected chi connectivity index (χ3v) is 7.99. The van der Waals surface area contributed by atoms with Crippen LogP contribution in [0.15, 0.2) is 11.6 Å². The zero-order chi connectivity index (χ0) is 15.7. The summed E-state index contributed by atoms with van der Waals surface area (Å²) in [5.41, 5.74) is 7.93. The molecule has 22 heavy (non-hydrogen) atoms. The summed E-state index contributed by atoms with van der Waals surface area (Å²) in [6.45, 7) is 4.68. The molecule has 0 aromatic rings. The van der Waals surface area contributed by atoms with Crippen LogP contribution < -0.4 is 5.73 Å². The van der Waals surface area contributed by atoms with E-state index in [1.165, 1.54) is 12.0 Å². The van der Waals surface area contributed by atoms with Gasteiger partial charge < -0.3 is 10.8 Å². The maximum atomic E-state index is 12.9. The molecule has 4 aliphatic carbocycles. The molecule has 0 aromatic heterocycles. The Morgan fingerprint density at radius 1 is 1.14 bits per heavy atom. The van der Waals surface area contributed by atoms with Gasteiger partial charge in [-0.2, -0.15) is 0 Å². The Morgan fingerprint density at radius 2 is 1.91 bits per heavy atom. The highest BCUT2D eigenvalue weighted by atomic mass is 16.3. The number of ketones is 1. The number of rotatable bonds is 0. The summed E-state index contributed by atoms with van der Waals surface area (Å²) >= 11 is 0. The second kappa shape index (κ2) is 4.67. The Balaban J connectivity index is 1.75. The van der Waals surface area contributed by atoms with Gasteiger partial charge in [-0.15, -0.1) is 0 Å². The van der Waals surface area contributed by atoms with Gasteiger partial charge in [0.25, 0.3) is 0 Å². The number of carbonyl (C=O) groups excluding carboxylic acids is 1. The Hall–Kier alpha value is -0.670. The van der Waals surface area contributed by atoms with E-state index in [0.717, 1.165) is 32.1 Å². The number of hydrogen-bond donors (Lipinski definition) is 2. The number of fused-ring (bicyclic) bond motifs is 5. The van der Waals surface area contributed by atoms with Gasteiger partial charge in [-0.1, -0.05) is 19.4 Å². The van der Waals surface area contributed by atoms with E-state index in [4.69, 9.17) is 5.73 Å². The summed E-state index contributed by atoms with van der Waals surface area (Å²) in [6, 6.07) is 0.262. The lowest BCUT2D eigenvalue weighted by molar-refractivity contribution is -0.133. The van der Waals surface area contributed by atoms with Crippen molar-refractivity contribution in [3.05, 3.63) is 11.6 Å². The van der Waals surface area contributed by atoms with E-state index in [0.29, 0.717) is 24.0 Å². The topological polar surface area (TPSA) is 63.3 Å². The van der Waals surface area contributed by atoms with Crippen molar-refractivity contribution in [3.8, 4) is 0 Å². The van der Waals surface area contributed by atoms with Crippen LogP contribution in [0.2, 0.25) is 0 Å². The second-order valence-electron chi connectivity index (χ2n) is 8.85. The first-order valence-electron chi connectivity index (χ1n) is 9.05. The fraction of sp³-hybridized carbons (Fsp3) is 0.842. The van der Waals surface area contributed by atoms with Crippen molar-refractivity contribution in [2.45, 2.75) is 70.9 Å². The molecule has 0 saturated heterocycles. The molecule has 0 bridgehead atoms. The highest BCUT2D eigenvalue weighted by molar-refractivity contribution is 5.94. The van der Waals surface area contributed by atoms with Gasteiger partial charge in [0, 0.05) is 12.0 Å². The predicted molar refractivity (Wildman–Crippen MR) is 86.1 cm³/mol. The van der Waals surface area contributed by atoms with Crippen LogP contribution in [0.1, 0.15) is 58.8 Å². The molecule has 4 rings (SSSR count). The molecule has 7 atom stereocenters. The lowest BCUT2D eigenvalue weighted by atomic mass is 9.47. The highest BCUT2D eigenvalue weighted by Crippen LogP contribution is 2.63. The van der Waals surface area contributed by atoms with E-state index < -0.39 is 0 Å². The van der Waals surface area contributed by atoms with Crippen LogP contribution >= 0.6 is 0 Å². The summed E-state index contributed by atoms with van der Waals surface area (Å²) < 4.78 is 0.